The first kappa shape index (κ1) is 13.2. The van der Waals surface area contributed by atoms with Gasteiger partial charge in [-0.3, -0.25) is 4.79 Å². The van der Waals surface area contributed by atoms with Crippen molar-refractivity contribution in [2.75, 3.05) is 13.2 Å². The minimum Gasteiger partial charge on any atom is -0.486 e. The van der Waals surface area contributed by atoms with Crippen LogP contribution in [0.1, 0.15) is 5.69 Å². The SMILES string of the molecule is O=C(O)Cc1csc(-c2cc(Cl)c3c(c2)OCCO3)n1. The zero-order valence-corrected chi connectivity index (χ0v) is 11.8. The summed E-state index contributed by atoms with van der Waals surface area (Å²) in [7, 11) is 0. The molecule has 0 fully saturated rings. The van der Waals surface area contributed by atoms with Crippen molar-refractivity contribution in [2.45, 2.75) is 6.42 Å². The Morgan fingerprint density at radius 2 is 2.20 bits per heavy atom. The summed E-state index contributed by atoms with van der Waals surface area (Å²) >= 11 is 7.54. The predicted octanol–water partition coefficient (Wildman–Crippen LogP) is 2.86. The van der Waals surface area contributed by atoms with Gasteiger partial charge in [-0.25, -0.2) is 4.98 Å². The molecular formula is C13H10ClNO4S. The molecular weight excluding hydrogens is 302 g/mol. The Kier molecular flexibility index (Phi) is 3.50. The van der Waals surface area contributed by atoms with Gasteiger partial charge in [0.25, 0.3) is 0 Å². The zero-order chi connectivity index (χ0) is 14.1. The molecule has 0 bridgehead atoms. The Balaban J connectivity index is 1.96. The molecule has 0 aliphatic carbocycles. The van der Waals surface area contributed by atoms with Crippen LogP contribution in [0.15, 0.2) is 17.5 Å². The number of ether oxygens (including phenoxy) is 2. The van der Waals surface area contributed by atoms with Gasteiger partial charge < -0.3 is 14.6 Å². The third-order valence-electron chi connectivity index (χ3n) is 2.73. The molecule has 2 heterocycles. The van der Waals surface area contributed by atoms with Crippen LogP contribution in [0.3, 0.4) is 0 Å². The van der Waals surface area contributed by atoms with Crippen LogP contribution in [0.4, 0.5) is 0 Å². The van der Waals surface area contributed by atoms with Crippen LogP contribution in [-0.2, 0) is 11.2 Å². The number of nitrogens with zero attached hydrogens (tertiary/aromatic N) is 1. The summed E-state index contributed by atoms with van der Waals surface area (Å²) in [6.45, 7) is 0.959. The molecule has 0 atom stereocenters. The molecule has 0 saturated heterocycles. The molecule has 2 aromatic rings. The van der Waals surface area contributed by atoms with Crippen LogP contribution in [0.2, 0.25) is 5.02 Å². The lowest BCUT2D eigenvalue weighted by Crippen LogP contribution is -2.15. The summed E-state index contributed by atoms with van der Waals surface area (Å²) in [5.74, 6) is 0.236. The molecule has 1 aromatic carbocycles. The van der Waals surface area contributed by atoms with Gasteiger partial charge >= 0.3 is 5.97 Å². The number of fused-ring (bicyclic) bond motifs is 1. The smallest absolute Gasteiger partial charge is 0.309 e. The van der Waals surface area contributed by atoms with E-state index in [1.54, 1.807) is 11.4 Å². The highest BCUT2D eigenvalue weighted by atomic mass is 35.5. The summed E-state index contributed by atoms with van der Waals surface area (Å²) in [6.07, 6.45) is -0.0885. The number of benzene rings is 1. The lowest BCUT2D eigenvalue weighted by atomic mass is 10.2. The van der Waals surface area contributed by atoms with Crippen molar-refractivity contribution in [3.8, 4) is 22.1 Å². The molecule has 5 nitrogen and oxygen atoms in total. The van der Waals surface area contributed by atoms with Crippen molar-refractivity contribution in [2.24, 2.45) is 0 Å². The highest BCUT2D eigenvalue weighted by molar-refractivity contribution is 7.13. The number of rotatable bonds is 3. The second-order valence-electron chi connectivity index (χ2n) is 4.20. The van der Waals surface area contributed by atoms with Crippen molar-refractivity contribution in [1.29, 1.82) is 0 Å². The van der Waals surface area contributed by atoms with Crippen molar-refractivity contribution >= 4 is 28.9 Å². The number of hydrogen-bond donors (Lipinski definition) is 1. The molecule has 3 rings (SSSR count). The van der Waals surface area contributed by atoms with Gasteiger partial charge in [0.2, 0.25) is 0 Å². The van der Waals surface area contributed by atoms with Crippen molar-refractivity contribution < 1.29 is 19.4 Å². The van der Waals surface area contributed by atoms with Gasteiger partial charge in [-0.15, -0.1) is 11.3 Å². The van der Waals surface area contributed by atoms with Gasteiger partial charge in [0.05, 0.1) is 17.1 Å². The molecule has 20 heavy (non-hydrogen) atoms. The van der Waals surface area contributed by atoms with Gasteiger partial charge in [-0.2, -0.15) is 0 Å². The highest BCUT2D eigenvalue weighted by Gasteiger charge is 2.18. The normalized spacial score (nSPS) is 13.2. The van der Waals surface area contributed by atoms with Gasteiger partial charge in [0.1, 0.15) is 18.2 Å². The number of carbonyl (C=O) groups is 1. The Labute approximate surface area is 123 Å². The van der Waals surface area contributed by atoms with Gasteiger partial charge in [-0.05, 0) is 12.1 Å². The Morgan fingerprint density at radius 1 is 1.40 bits per heavy atom. The average molecular weight is 312 g/mol. The maximum atomic E-state index is 10.7. The third-order valence-corrected chi connectivity index (χ3v) is 3.95. The minimum atomic E-state index is -0.901. The summed E-state index contributed by atoms with van der Waals surface area (Å²) in [5.41, 5.74) is 1.32. The van der Waals surface area contributed by atoms with E-state index in [0.717, 1.165) is 5.56 Å². The average Bonchev–Trinajstić information content (AvgIpc) is 2.86. The fraction of sp³-hybridized carbons (Fsp3) is 0.231. The molecule has 0 radical (unpaired) electrons. The molecule has 1 aromatic heterocycles. The quantitative estimate of drug-likeness (QED) is 0.944. The summed E-state index contributed by atoms with van der Waals surface area (Å²) in [4.78, 5) is 15.0. The Hall–Kier alpha value is -1.79. The second kappa shape index (κ2) is 5.30. The van der Waals surface area contributed by atoms with E-state index in [4.69, 9.17) is 26.2 Å². The Bertz CT molecular complexity index is 670. The van der Waals surface area contributed by atoms with Gasteiger partial charge in [0, 0.05) is 10.9 Å². The van der Waals surface area contributed by atoms with E-state index in [-0.39, 0.29) is 6.42 Å². The van der Waals surface area contributed by atoms with Crippen molar-refractivity contribution in [1.82, 2.24) is 4.98 Å². The van der Waals surface area contributed by atoms with E-state index in [1.165, 1.54) is 11.3 Å². The van der Waals surface area contributed by atoms with E-state index < -0.39 is 5.97 Å². The van der Waals surface area contributed by atoms with Crippen LogP contribution in [0.5, 0.6) is 11.5 Å². The number of hydrogen-bond acceptors (Lipinski definition) is 5. The molecule has 1 N–H and O–H groups in total. The number of carboxylic acids is 1. The molecule has 104 valence electrons. The zero-order valence-electron chi connectivity index (χ0n) is 10.3. The summed E-state index contributed by atoms with van der Waals surface area (Å²) < 4.78 is 11.0. The Morgan fingerprint density at radius 3 is 3.00 bits per heavy atom. The van der Waals surface area contributed by atoms with Crippen LogP contribution in [0.25, 0.3) is 10.6 Å². The van der Waals surface area contributed by atoms with E-state index in [2.05, 4.69) is 4.98 Å². The summed E-state index contributed by atoms with van der Waals surface area (Å²) in [5, 5.41) is 11.7. The van der Waals surface area contributed by atoms with Crippen LogP contribution < -0.4 is 9.47 Å². The summed E-state index contributed by atoms with van der Waals surface area (Å²) in [6, 6.07) is 3.56. The minimum absolute atomic E-state index is 0.0885. The molecule has 0 unspecified atom stereocenters. The number of carboxylic acid groups (broad SMARTS) is 1. The molecule has 7 heteroatoms. The molecule has 0 spiro atoms. The molecule has 0 amide bonds. The van der Waals surface area contributed by atoms with Gasteiger partial charge in [0.15, 0.2) is 11.5 Å². The molecule has 0 saturated carbocycles. The predicted molar refractivity (Wildman–Crippen MR) is 74.9 cm³/mol. The van der Waals surface area contributed by atoms with Crippen molar-refractivity contribution in [3.63, 3.8) is 0 Å². The van der Waals surface area contributed by atoms with Crippen LogP contribution in [0, 0.1) is 0 Å². The molecule has 1 aliphatic rings. The maximum Gasteiger partial charge on any atom is 0.309 e. The van der Waals surface area contributed by atoms with Gasteiger partial charge in [-0.1, -0.05) is 11.6 Å². The topological polar surface area (TPSA) is 68.7 Å². The first-order chi connectivity index (χ1) is 9.63. The monoisotopic (exact) mass is 311 g/mol. The van der Waals surface area contributed by atoms with Crippen LogP contribution >= 0.6 is 22.9 Å². The largest absolute Gasteiger partial charge is 0.486 e. The lowest BCUT2D eigenvalue weighted by Gasteiger charge is -2.19. The van der Waals surface area contributed by atoms with Crippen molar-refractivity contribution in [3.05, 3.63) is 28.2 Å². The number of halogens is 1. The standard InChI is InChI=1S/C13H10ClNO4S/c14-9-3-7(4-10-12(9)19-2-1-18-10)13-15-8(6-20-13)5-11(16)17/h3-4,6H,1-2,5H2,(H,16,17). The maximum absolute atomic E-state index is 10.7. The number of aromatic nitrogens is 1. The number of thiazole rings is 1. The fourth-order valence-electron chi connectivity index (χ4n) is 1.91. The van der Waals surface area contributed by atoms with Crippen LogP contribution in [-0.4, -0.2) is 29.3 Å². The third kappa shape index (κ3) is 2.57. The molecule has 1 aliphatic heterocycles. The highest BCUT2D eigenvalue weighted by Crippen LogP contribution is 2.41. The van der Waals surface area contributed by atoms with E-state index >= 15 is 0 Å². The van der Waals surface area contributed by atoms with E-state index in [1.807, 2.05) is 6.07 Å². The first-order valence-electron chi connectivity index (χ1n) is 5.89. The second-order valence-corrected chi connectivity index (χ2v) is 5.46. The fourth-order valence-corrected chi connectivity index (χ4v) is 2.98. The first-order valence-corrected chi connectivity index (χ1v) is 7.15. The van der Waals surface area contributed by atoms with E-state index in [0.29, 0.717) is 40.4 Å². The lowest BCUT2D eigenvalue weighted by molar-refractivity contribution is -0.136. The number of aliphatic carboxylic acids is 1. The van der Waals surface area contributed by atoms with E-state index in [9.17, 15) is 4.79 Å².